The first kappa shape index (κ1) is 16.1. The van der Waals surface area contributed by atoms with E-state index in [1.807, 2.05) is 0 Å². The Bertz CT molecular complexity index is 897. The van der Waals surface area contributed by atoms with Crippen LogP contribution in [-0.2, 0) is 14.8 Å². The molecular weight excluding hydrogens is 330 g/mol. The van der Waals surface area contributed by atoms with Crippen LogP contribution in [0.3, 0.4) is 0 Å². The van der Waals surface area contributed by atoms with Gasteiger partial charge in [-0.25, -0.2) is 17.7 Å². The molecule has 7 nitrogen and oxygen atoms in total. The number of hydrogen-bond donors (Lipinski definition) is 1. The molecule has 1 aliphatic heterocycles. The number of nitrogens with zero attached hydrogens (tertiary/aromatic N) is 2. The van der Waals surface area contributed by atoms with Gasteiger partial charge in [-0.15, -0.1) is 0 Å². The van der Waals surface area contributed by atoms with E-state index >= 15 is 0 Å². The van der Waals surface area contributed by atoms with Crippen LogP contribution in [0.2, 0.25) is 0 Å². The van der Waals surface area contributed by atoms with Gasteiger partial charge >= 0.3 is 0 Å². The van der Waals surface area contributed by atoms with Crippen molar-refractivity contribution >= 4 is 33.3 Å². The van der Waals surface area contributed by atoms with E-state index < -0.39 is 27.8 Å². The Labute approximate surface area is 139 Å². The summed E-state index contributed by atoms with van der Waals surface area (Å²) in [4.78, 5) is 28.4. The number of carbonyl (C=O) groups is 2. The highest BCUT2D eigenvalue weighted by molar-refractivity contribution is 7.94. The van der Waals surface area contributed by atoms with Crippen molar-refractivity contribution in [3.05, 3.63) is 54.2 Å². The fourth-order valence-electron chi connectivity index (χ4n) is 2.49. The largest absolute Gasteiger partial charge is 0.307 e. The molecule has 0 aliphatic carbocycles. The van der Waals surface area contributed by atoms with Crippen molar-refractivity contribution in [2.45, 2.75) is 6.92 Å². The van der Waals surface area contributed by atoms with Gasteiger partial charge < -0.3 is 5.32 Å². The smallest absolute Gasteiger partial charge is 0.256 e. The third-order valence-corrected chi connectivity index (χ3v) is 5.48. The first-order valence-electron chi connectivity index (χ1n) is 7.28. The number of anilines is 2. The average Bonchev–Trinajstić information content (AvgIpc) is 2.76. The molecule has 1 aromatic carbocycles. The maximum atomic E-state index is 12.3. The van der Waals surface area contributed by atoms with Crippen LogP contribution in [0.4, 0.5) is 11.5 Å². The van der Waals surface area contributed by atoms with Crippen LogP contribution in [0.25, 0.3) is 0 Å². The van der Waals surface area contributed by atoms with E-state index in [9.17, 15) is 18.0 Å². The van der Waals surface area contributed by atoms with E-state index in [1.54, 1.807) is 37.4 Å². The van der Waals surface area contributed by atoms with Crippen LogP contribution in [0.5, 0.6) is 0 Å². The third-order valence-electron chi connectivity index (χ3n) is 3.61. The summed E-state index contributed by atoms with van der Waals surface area (Å²) < 4.78 is 25.1. The van der Waals surface area contributed by atoms with Gasteiger partial charge in [-0.2, -0.15) is 0 Å². The van der Waals surface area contributed by atoms with Crippen LogP contribution < -0.4 is 9.62 Å². The number of benzene rings is 1. The van der Waals surface area contributed by atoms with Crippen molar-refractivity contribution in [1.82, 2.24) is 4.98 Å². The van der Waals surface area contributed by atoms with Gasteiger partial charge in [0.2, 0.25) is 15.9 Å². The molecule has 0 spiro atoms. The second-order valence-electron chi connectivity index (χ2n) is 5.50. The van der Waals surface area contributed by atoms with Crippen LogP contribution in [0.15, 0.2) is 48.7 Å². The minimum atomic E-state index is -3.70. The Hall–Kier alpha value is -2.74. The number of carbonyl (C=O) groups excluding carboxylic acids is 2. The summed E-state index contributed by atoms with van der Waals surface area (Å²) in [5.74, 6) is -1.37. The van der Waals surface area contributed by atoms with E-state index in [-0.39, 0.29) is 17.0 Å². The SMILES string of the molecule is CC1CS(=O)(=O)N(c2cccc(C(=O)Nc3ccccn3)c2)C1=O. The molecule has 124 valence electrons. The van der Waals surface area contributed by atoms with Crippen molar-refractivity contribution in [1.29, 1.82) is 0 Å². The number of hydrogen-bond acceptors (Lipinski definition) is 5. The second-order valence-corrected chi connectivity index (χ2v) is 7.36. The summed E-state index contributed by atoms with van der Waals surface area (Å²) in [5.41, 5.74) is 0.402. The summed E-state index contributed by atoms with van der Waals surface area (Å²) in [6.45, 7) is 1.57. The predicted octanol–water partition coefficient (Wildman–Crippen LogP) is 1.65. The highest BCUT2D eigenvalue weighted by Gasteiger charge is 2.42. The van der Waals surface area contributed by atoms with E-state index in [2.05, 4.69) is 10.3 Å². The number of pyridine rings is 1. The Morgan fingerprint density at radius 2 is 2.04 bits per heavy atom. The molecule has 2 amide bonds. The van der Waals surface area contributed by atoms with Crippen molar-refractivity contribution in [2.75, 3.05) is 15.4 Å². The van der Waals surface area contributed by atoms with E-state index in [4.69, 9.17) is 0 Å². The molecule has 1 aliphatic rings. The summed E-state index contributed by atoms with van der Waals surface area (Å²) in [7, 11) is -3.70. The normalized spacial score (nSPS) is 19.3. The zero-order valence-corrected chi connectivity index (χ0v) is 13.7. The molecule has 0 bridgehead atoms. The zero-order chi connectivity index (χ0) is 17.3. The van der Waals surface area contributed by atoms with E-state index in [0.717, 1.165) is 4.31 Å². The number of aromatic nitrogens is 1. The van der Waals surface area contributed by atoms with Gasteiger partial charge in [0, 0.05) is 11.8 Å². The lowest BCUT2D eigenvalue weighted by Gasteiger charge is -2.16. The lowest BCUT2D eigenvalue weighted by molar-refractivity contribution is -0.119. The second kappa shape index (κ2) is 6.04. The van der Waals surface area contributed by atoms with Gasteiger partial charge in [-0.1, -0.05) is 19.1 Å². The molecule has 1 saturated heterocycles. The number of nitrogens with one attached hydrogen (secondary N) is 1. The molecule has 1 unspecified atom stereocenters. The quantitative estimate of drug-likeness (QED) is 0.912. The molecule has 1 aromatic heterocycles. The van der Waals surface area contributed by atoms with Crippen molar-refractivity contribution < 1.29 is 18.0 Å². The van der Waals surface area contributed by atoms with Gasteiger partial charge in [0.25, 0.3) is 5.91 Å². The summed E-state index contributed by atoms with van der Waals surface area (Å²) in [6, 6.07) is 11.0. The maximum absolute atomic E-state index is 12.3. The Morgan fingerprint density at radius 3 is 2.67 bits per heavy atom. The van der Waals surface area contributed by atoms with Crippen LogP contribution in [-0.4, -0.2) is 31.0 Å². The third kappa shape index (κ3) is 3.00. The molecule has 2 aromatic rings. The van der Waals surface area contributed by atoms with Crippen molar-refractivity contribution in [3.63, 3.8) is 0 Å². The predicted molar refractivity (Wildman–Crippen MR) is 89.1 cm³/mol. The van der Waals surface area contributed by atoms with Crippen molar-refractivity contribution in [2.24, 2.45) is 5.92 Å². The lowest BCUT2D eigenvalue weighted by Crippen LogP contribution is -2.30. The van der Waals surface area contributed by atoms with Gasteiger partial charge in [0.05, 0.1) is 17.4 Å². The molecule has 2 heterocycles. The summed E-state index contributed by atoms with van der Waals surface area (Å²) in [6.07, 6.45) is 1.54. The summed E-state index contributed by atoms with van der Waals surface area (Å²) in [5, 5.41) is 2.61. The molecule has 3 rings (SSSR count). The highest BCUT2D eigenvalue weighted by Crippen LogP contribution is 2.28. The average molecular weight is 345 g/mol. The Kier molecular flexibility index (Phi) is 4.06. The van der Waals surface area contributed by atoms with Gasteiger partial charge in [0.15, 0.2) is 0 Å². The molecule has 1 atom stereocenters. The number of rotatable bonds is 3. The highest BCUT2D eigenvalue weighted by atomic mass is 32.2. The molecule has 8 heteroatoms. The fourth-order valence-corrected chi connectivity index (χ4v) is 4.30. The molecule has 1 fully saturated rings. The number of amides is 2. The standard InChI is InChI=1S/C16H15N3O4S/c1-11-10-24(22,23)19(16(11)21)13-6-4-5-12(9-13)15(20)18-14-7-2-3-8-17-14/h2-9,11H,10H2,1H3,(H,17,18,20). The number of sulfonamides is 1. The minimum absolute atomic E-state index is 0.165. The molecule has 0 saturated carbocycles. The maximum Gasteiger partial charge on any atom is 0.256 e. The van der Waals surface area contributed by atoms with Crippen LogP contribution in [0.1, 0.15) is 17.3 Å². The summed E-state index contributed by atoms with van der Waals surface area (Å²) >= 11 is 0. The van der Waals surface area contributed by atoms with E-state index in [1.165, 1.54) is 18.2 Å². The zero-order valence-electron chi connectivity index (χ0n) is 12.8. The van der Waals surface area contributed by atoms with Crippen LogP contribution in [0, 0.1) is 5.92 Å². The molecule has 0 radical (unpaired) electrons. The first-order valence-corrected chi connectivity index (χ1v) is 8.89. The monoisotopic (exact) mass is 345 g/mol. The van der Waals surface area contributed by atoms with Gasteiger partial charge in [-0.05, 0) is 30.3 Å². The topological polar surface area (TPSA) is 96.4 Å². The fraction of sp³-hybridized carbons (Fsp3) is 0.188. The minimum Gasteiger partial charge on any atom is -0.307 e. The first-order chi connectivity index (χ1) is 11.4. The molecular formula is C16H15N3O4S. The van der Waals surface area contributed by atoms with Crippen LogP contribution >= 0.6 is 0 Å². The van der Waals surface area contributed by atoms with Crippen molar-refractivity contribution in [3.8, 4) is 0 Å². The van der Waals surface area contributed by atoms with E-state index in [0.29, 0.717) is 5.82 Å². The Morgan fingerprint density at radius 1 is 1.25 bits per heavy atom. The Balaban J connectivity index is 1.90. The lowest BCUT2D eigenvalue weighted by atomic mass is 10.1. The molecule has 1 N–H and O–H groups in total. The molecule has 24 heavy (non-hydrogen) atoms. The van der Waals surface area contributed by atoms with Gasteiger partial charge in [-0.3, -0.25) is 9.59 Å². The van der Waals surface area contributed by atoms with Gasteiger partial charge in [0.1, 0.15) is 5.82 Å².